The summed E-state index contributed by atoms with van der Waals surface area (Å²) in [4.78, 5) is 13.4. The largest absolute Gasteiger partial charge is 0.324 e. The Balaban J connectivity index is 1.76. The van der Waals surface area contributed by atoms with Crippen LogP contribution in [-0.2, 0) is 12.8 Å². The van der Waals surface area contributed by atoms with Gasteiger partial charge in [0.2, 0.25) is 0 Å². The second-order valence-corrected chi connectivity index (χ2v) is 7.30. The van der Waals surface area contributed by atoms with E-state index in [1.165, 1.54) is 16.2 Å². The zero-order valence-electron chi connectivity index (χ0n) is 12.6. The molecule has 2 N–H and O–H groups in total. The molecular weight excluding hydrogens is 330 g/mol. The van der Waals surface area contributed by atoms with Gasteiger partial charge in [0.05, 0.1) is 5.56 Å². The van der Waals surface area contributed by atoms with Gasteiger partial charge in [-0.3, -0.25) is 5.32 Å². The molecule has 4 nitrogen and oxygen atoms in total. The van der Waals surface area contributed by atoms with E-state index in [1.807, 2.05) is 0 Å². The van der Waals surface area contributed by atoms with Crippen LogP contribution in [0.4, 0.5) is 15.5 Å². The maximum absolute atomic E-state index is 12.2. The van der Waals surface area contributed by atoms with Crippen molar-refractivity contribution < 1.29 is 4.79 Å². The van der Waals surface area contributed by atoms with Gasteiger partial charge in [-0.2, -0.15) is 5.26 Å². The van der Waals surface area contributed by atoms with E-state index in [0.29, 0.717) is 27.2 Å². The molecule has 0 spiro atoms. The molecule has 0 unspecified atom stereocenters. The van der Waals surface area contributed by atoms with Crippen molar-refractivity contribution in [2.24, 2.45) is 5.92 Å². The summed E-state index contributed by atoms with van der Waals surface area (Å²) in [5.41, 5.74) is 2.38. The normalized spacial score (nSPS) is 16.3. The summed E-state index contributed by atoms with van der Waals surface area (Å²) in [6.07, 6.45) is 2.99. The third-order valence-corrected chi connectivity index (χ3v) is 5.37. The van der Waals surface area contributed by atoms with Crippen molar-refractivity contribution in [3.8, 4) is 6.07 Å². The van der Waals surface area contributed by atoms with Crippen molar-refractivity contribution in [1.82, 2.24) is 0 Å². The standard InChI is InChI=1S/C17H16ClN3OS/c1-10-2-7-13-14(9-19)16(23-15(13)8-10)21-17(22)20-12-5-3-11(18)4-6-12/h3-6,10H,2,7-8H2,1H3,(H2,20,21,22)/t10-/m0/s1. The fourth-order valence-electron chi connectivity index (χ4n) is 2.76. The van der Waals surface area contributed by atoms with Crippen LogP contribution in [0.3, 0.4) is 0 Å². The fraction of sp³-hybridized carbons (Fsp3) is 0.294. The quantitative estimate of drug-likeness (QED) is 0.800. The van der Waals surface area contributed by atoms with Gasteiger partial charge in [0.15, 0.2) is 0 Å². The number of benzene rings is 1. The number of hydrogen-bond acceptors (Lipinski definition) is 3. The molecule has 0 saturated heterocycles. The smallest absolute Gasteiger partial charge is 0.308 e. The van der Waals surface area contributed by atoms with Gasteiger partial charge in [-0.05, 0) is 55.0 Å². The molecule has 1 aliphatic rings. The molecule has 23 heavy (non-hydrogen) atoms. The van der Waals surface area contributed by atoms with Crippen LogP contribution in [0.25, 0.3) is 0 Å². The monoisotopic (exact) mass is 345 g/mol. The second-order valence-electron chi connectivity index (χ2n) is 5.75. The van der Waals surface area contributed by atoms with Gasteiger partial charge in [-0.1, -0.05) is 18.5 Å². The number of nitriles is 1. The summed E-state index contributed by atoms with van der Waals surface area (Å²) in [6, 6.07) is 8.78. The maximum atomic E-state index is 12.2. The fourth-order valence-corrected chi connectivity index (χ4v) is 4.24. The van der Waals surface area contributed by atoms with Crippen molar-refractivity contribution in [3.63, 3.8) is 0 Å². The number of halogens is 1. The Labute approximate surface area is 144 Å². The summed E-state index contributed by atoms with van der Waals surface area (Å²) in [5.74, 6) is 0.628. The second kappa shape index (κ2) is 6.61. The lowest BCUT2D eigenvalue weighted by Gasteiger charge is -2.17. The highest BCUT2D eigenvalue weighted by atomic mass is 35.5. The average molecular weight is 346 g/mol. The van der Waals surface area contributed by atoms with Crippen LogP contribution >= 0.6 is 22.9 Å². The summed E-state index contributed by atoms with van der Waals surface area (Å²) in [6.45, 7) is 2.22. The Morgan fingerprint density at radius 2 is 2.09 bits per heavy atom. The van der Waals surface area contributed by atoms with Crippen LogP contribution in [0, 0.1) is 17.2 Å². The van der Waals surface area contributed by atoms with Gasteiger partial charge in [0.1, 0.15) is 11.1 Å². The minimum atomic E-state index is -0.351. The number of rotatable bonds is 2. The van der Waals surface area contributed by atoms with E-state index >= 15 is 0 Å². The van der Waals surface area contributed by atoms with Crippen LogP contribution < -0.4 is 10.6 Å². The Bertz CT molecular complexity index is 776. The van der Waals surface area contributed by atoms with Crippen molar-refractivity contribution in [2.75, 3.05) is 10.6 Å². The Kier molecular flexibility index (Phi) is 4.56. The van der Waals surface area contributed by atoms with E-state index in [1.54, 1.807) is 24.3 Å². The number of carbonyl (C=O) groups is 1. The Hall–Kier alpha value is -2.03. The van der Waals surface area contributed by atoms with E-state index < -0.39 is 0 Å². The number of thiophene rings is 1. The number of urea groups is 1. The van der Waals surface area contributed by atoms with Crippen LogP contribution in [0.15, 0.2) is 24.3 Å². The first-order chi connectivity index (χ1) is 11.1. The third kappa shape index (κ3) is 3.49. The lowest BCUT2D eigenvalue weighted by atomic mass is 9.89. The van der Waals surface area contributed by atoms with Crippen LogP contribution in [0.1, 0.15) is 29.3 Å². The van der Waals surface area contributed by atoms with Crippen molar-refractivity contribution in [2.45, 2.75) is 26.2 Å². The van der Waals surface area contributed by atoms with Gasteiger partial charge in [-0.15, -0.1) is 11.3 Å². The van der Waals surface area contributed by atoms with Crippen molar-refractivity contribution in [1.29, 1.82) is 5.26 Å². The highest BCUT2D eigenvalue weighted by Gasteiger charge is 2.24. The molecule has 1 aromatic carbocycles. The van der Waals surface area contributed by atoms with Crippen LogP contribution in [-0.4, -0.2) is 6.03 Å². The highest BCUT2D eigenvalue weighted by Crippen LogP contribution is 2.39. The molecule has 0 bridgehead atoms. The van der Waals surface area contributed by atoms with Gasteiger partial charge in [0.25, 0.3) is 0 Å². The first-order valence-electron chi connectivity index (χ1n) is 7.45. The van der Waals surface area contributed by atoms with E-state index in [2.05, 4.69) is 23.6 Å². The molecule has 0 aliphatic heterocycles. The average Bonchev–Trinajstić information content (AvgIpc) is 2.85. The zero-order chi connectivity index (χ0) is 16.4. The minimum Gasteiger partial charge on any atom is -0.308 e. The summed E-state index contributed by atoms with van der Waals surface area (Å²) in [7, 11) is 0. The van der Waals surface area contributed by atoms with E-state index in [0.717, 1.165) is 24.8 Å². The van der Waals surface area contributed by atoms with Crippen molar-refractivity contribution >= 4 is 39.7 Å². The predicted molar refractivity (Wildman–Crippen MR) is 94.3 cm³/mol. The molecule has 0 fully saturated rings. The number of fused-ring (bicyclic) bond motifs is 1. The van der Waals surface area contributed by atoms with Crippen LogP contribution in [0.5, 0.6) is 0 Å². The molecule has 6 heteroatoms. The van der Waals surface area contributed by atoms with Gasteiger partial charge in [-0.25, -0.2) is 4.79 Å². The zero-order valence-corrected chi connectivity index (χ0v) is 14.2. The molecule has 2 amide bonds. The van der Waals surface area contributed by atoms with Gasteiger partial charge >= 0.3 is 6.03 Å². The number of hydrogen-bond donors (Lipinski definition) is 2. The first-order valence-corrected chi connectivity index (χ1v) is 8.64. The molecule has 2 aromatic rings. The molecule has 1 atom stereocenters. The molecule has 1 heterocycles. The minimum absolute atomic E-state index is 0.351. The van der Waals surface area contributed by atoms with Crippen LogP contribution in [0.2, 0.25) is 5.02 Å². The lowest BCUT2D eigenvalue weighted by Crippen LogP contribution is -2.19. The maximum Gasteiger partial charge on any atom is 0.324 e. The summed E-state index contributed by atoms with van der Waals surface area (Å²) in [5, 5.41) is 16.2. The predicted octanol–water partition coefficient (Wildman–Crippen LogP) is 5.04. The first kappa shape index (κ1) is 15.9. The Morgan fingerprint density at radius 1 is 1.35 bits per heavy atom. The summed E-state index contributed by atoms with van der Waals surface area (Å²) < 4.78 is 0. The molecular formula is C17H16ClN3OS. The van der Waals surface area contributed by atoms with Gasteiger partial charge in [0, 0.05) is 15.6 Å². The van der Waals surface area contributed by atoms with Gasteiger partial charge < -0.3 is 5.32 Å². The number of nitrogens with one attached hydrogen (secondary N) is 2. The molecule has 1 aliphatic carbocycles. The number of amides is 2. The Morgan fingerprint density at radius 3 is 2.78 bits per heavy atom. The third-order valence-electron chi connectivity index (χ3n) is 3.95. The number of nitrogens with zero attached hydrogens (tertiary/aromatic N) is 1. The lowest BCUT2D eigenvalue weighted by molar-refractivity contribution is 0.262. The number of carbonyl (C=O) groups excluding carboxylic acids is 1. The summed E-state index contributed by atoms with van der Waals surface area (Å²) >= 11 is 7.34. The number of anilines is 2. The van der Waals surface area contributed by atoms with E-state index in [-0.39, 0.29) is 6.03 Å². The van der Waals surface area contributed by atoms with E-state index in [4.69, 9.17) is 11.6 Å². The molecule has 0 radical (unpaired) electrons. The molecule has 3 rings (SSSR count). The molecule has 0 saturated carbocycles. The topological polar surface area (TPSA) is 64.9 Å². The SMILES string of the molecule is C[C@H]1CCc2c(sc(NC(=O)Nc3ccc(Cl)cc3)c2C#N)C1. The molecule has 1 aromatic heterocycles. The van der Waals surface area contributed by atoms with Crippen molar-refractivity contribution in [3.05, 3.63) is 45.3 Å². The molecule has 118 valence electrons. The highest BCUT2D eigenvalue weighted by molar-refractivity contribution is 7.16. The van der Waals surface area contributed by atoms with E-state index in [9.17, 15) is 10.1 Å².